The molecule has 1 aromatic rings. The van der Waals surface area contributed by atoms with E-state index >= 15 is 0 Å². The molecular weight excluding hydrogens is 300 g/mol. The van der Waals surface area contributed by atoms with Crippen molar-refractivity contribution in [1.82, 2.24) is 0 Å². The van der Waals surface area contributed by atoms with Crippen LogP contribution in [-0.2, 0) is 9.59 Å². The Balaban J connectivity index is 2.98. The predicted molar refractivity (Wildman–Crippen MR) is 74.3 cm³/mol. The molecule has 98 valence electrons. The molecule has 18 heavy (non-hydrogen) atoms. The number of hydrogen-bond acceptors (Lipinski definition) is 3. The van der Waals surface area contributed by atoms with E-state index in [9.17, 15) is 9.59 Å². The molecule has 1 atom stereocenters. The molecule has 2 N–H and O–H groups in total. The van der Waals surface area contributed by atoms with Crippen molar-refractivity contribution in [1.29, 1.82) is 0 Å². The molecule has 0 radical (unpaired) electrons. The SMILES string of the molecule is COc1ccc(NC(C)=O)cc1NC(=O)C(C)Br. The quantitative estimate of drug-likeness (QED) is 0.838. The van der Waals surface area contributed by atoms with Crippen molar-refractivity contribution in [2.45, 2.75) is 18.7 Å². The molecule has 0 aliphatic heterocycles. The van der Waals surface area contributed by atoms with Crippen LogP contribution in [0.2, 0.25) is 0 Å². The topological polar surface area (TPSA) is 67.4 Å². The lowest BCUT2D eigenvalue weighted by molar-refractivity contribution is -0.115. The van der Waals surface area contributed by atoms with Gasteiger partial charge in [-0.15, -0.1) is 0 Å². The van der Waals surface area contributed by atoms with E-state index in [1.165, 1.54) is 14.0 Å². The minimum atomic E-state index is -0.313. The van der Waals surface area contributed by atoms with Crippen LogP contribution in [-0.4, -0.2) is 23.8 Å². The Morgan fingerprint density at radius 3 is 2.50 bits per heavy atom. The maximum absolute atomic E-state index is 11.6. The van der Waals surface area contributed by atoms with Gasteiger partial charge >= 0.3 is 0 Å². The van der Waals surface area contributed by atoms with Crippen LogP contribution in [0.25, 0.3) is 0 Å². The van der Waals surface area contributed by atoms with Crippen molar-refractivity contribution >= 4 is 39.1 Å². The molecule has 0 aliphatic carbocycles. The van der Waals surface area contributed by atoms with Gasteiger partial charge in [-0.1, -0.05) is 15.9 Å². The number of anilines is 2. The van der Waals surface area contributed by atoms with Gasteiger partial charge in [-0.05, 0) is 25.1 Å². The number of ether oxygens (including phenoxy) is 1. The second-order valence-corrected chi connectivity index (χ2v) is 5.08. The third-order valence-corrected chi connectivity index (χ3v) is 2.55. The molecule has 0 spiro atoms. The average Bonchev–Trinajstić information content (AvgIpc) is 2.28. The first kappa shape index (κ1) is 14.5. The van der Waals surface area contributed by atoms with Gasteiger partial charge in [-0.2, -0.15) is 0 Å². The van der Waals surface area contributed by atoms with Gasteiger partial charge in [0.05, 0.1) is 17.6 Å². The highest BCUT2D eigenvalue weighted by Crippen LogP contribution is 2.28. The lowest BCUT2D eigenvalue weighted by Gasteiger charge is -2.13. The molecule has 0 saturated heterocycles. The molecule has 0 aromatic heterocycles. The fourth-order valence-electron chi connectivity index (χ4n) is 1.32. The van der Waals surface area contributed by atoms with E-state index in [-0.39, 0.29) is 16.6 Å². The van der Waals surface area contributed by atoms with Crippen molar-refractivity contribution in [2.24, 2.45) is 0 Å². The number of benzene rings is 1. The lowest BCUT2D eigenvalue weighted by atomic mass is 10.2. The summed E-state index contributed by atoms with van der Waals surface area (Å²) in [5.74, 6) is 0.171. The van der Waals surface area contributed by atoms with E-state index in [1.54, 1.807) is 25.1 Å². The maximum Gasteiger partial charge on any atom is 0.237 e. The smallest absolute Gasteiger partial charge is 0.237 e. The highest BCUT2D eigenvalue weighted by atomic mass is 79.9. The van der Waals surface area contributed by atoms with Crippen LogP contribution in [0, 0.1) is 0 Å². The summed E-state index contributed by atoms with van der Waals surface area (Å²) < 4.78 is 5.14. The van der Waals surface area contributed by atoms with Crippen molar-refractivity contribution in [3.63, 3.8) is 0 Å². The van der Waals surface area contributed by atoms with Crippen LogP contribution in [0.15, 0.2) is 18.2 Å². The van der Waals surface area contributed by atoms with Crippen LogP contribution in [0.3, 0.4) is 0 Å². The van der Waals surface area contributed by atoms with Gasteiger partial charge in [0.1, 0.15) is 5.75 Å². The zero-order chi connectivity index (χ0) is 13.7. The largest absolute Gasteiger partial charge is 0.495 e. The number of methoxy groups -OCH3 is 1. The molecule has 0 saturated carbocycles. The molecular formula is C12H15BrN2O3. The van der Waals surface area contributed by atoms with Crippen LogP contribution >= 0.6 is 15.9 Å². The number of hydrogen-bond donors (Lipinski definition) is 2. The molecule has 1 unspecified atom stereocenters. The van der Waals surface area contributed by atoms with E-state index in [0.717, 1.165) is 0 Å². The second-order valence-electron chi connectivity index (χ2n) is 3.70. The van der Waals surface area contributed by atoms with Gasteiger partial charge in [-0.25, -0.2) is 0 Å². The Kier molecular flexibility index (Phi) is 5.15. The van der Waals surface area contributed by atoms with Gasteiger partial charge in [0, 0.05) is 12.6 Å². The lowest BCUT2D eigenvalue weighted by Crippen LogP contribution is -2.20. The summed E-state index contributed by atoms with van der Waals surface area (Å²) >= 11 is 3.18. The van der Waals surface area contributed by atoms with E-state index < -0.39 is 0 Å². The number of alkyl halides is 1. The summed E-state index contributed by atoms with van der Waals surface area (Å²) in [6, 6.07) is 5.03. The van der Waals surface area contributed by atoms with Crippen LogP contribution < -0.4 is 15.4 Å². The summed E-state index contributed by atoms with van der Waals surface area (Å²) in [6.07, 6.45) is 0. The summed E-state index contributed by atoms with van der Waals surface area (Å²) in [5, 5.41) is 5.35. The van der Waals surface area contributed by atoms with Gasteiger partial charge in [-0.3, -0.25) is 9.59 Å². The van der Waals surface area contributed by atoms with Crippen molar-refractivity contribution in [2.75, 3.05) is 17.7 Å². The highest BCUT2D eigenvalue weighted by Gasteiger charge is 2.12. The molecule has 6 heteroatoms. The van der Waals surface area contributed by atoms with Gasteiger partial charge in [0.25, 0.3) is 0 Å². The number of carbonyl (C=O) groups is 2. The third kappa shape index (κ3) is 4.03. The van der Waals surface area contributed by atoms with E-state index in [2.05, 4.69) is 26.6 Å². The van der Waals surface area contributed by atoms with E-state index in [0.29, 0.717) is 17.1 Å². The van der Waals surface area contributed by atoms with Crippen LogP contribution in [0.5, 0.6) is 5.75 Å². The maximum atomic E-state index is 11.6. The molecule has 0 aliphatic rings. The van der Waals surface area contributed by atoms with Crippen molar-refractivity contribution in [3.05, 3.63) is 18.2 Å². The molecule has 0 heterocycles. The predicted octanol–water partition coefficient (Wildman–Crippen LogP) is 2.38. The van der Waals surface area contributed by atoms with E-state index in [4.69, 9.17) is 4.74 Å². The zero-order valence-corrected chi connectivity index (χ0v) is 12.0. The molecule has 2 amide bonds. The summed E-state index contributed by atoms with van der Waals surface area (Å²) in [5.41, 5.74) is 1.11. The second kappa shape index (κ2) is 6.39. The van der Waals surface area contributed by atoms with Crippen LogP contribution in [0.4, 0.5) is 11.4 Å². The fraction of sp³-hybridized carbons (Fsp3) is 0.333. The molecule has 0 bridgehead atoms. The van der Waals surface area contributed by atoms with Crippen LogP contribution in [0.1, 0.15) is 13.8 Å². The Hall–Kier alpha value is -1.56. The Labute approximate surface area is 114 Å². The number of carbonyl (C=O) groups excluding carboxylic acids is 2. The number of amides is 2. The number of nitrogens with one attached hydrogen (secondary N) is 2. The Morgan fingerprint density at radius 1 is 1.33 bits per heavy atom. The van der Waals surface area contributed by atoms with Crippen molar-refractivity contribution in [3.8, 4) is 5.75 Å². The molecule has 5 nitrogen and oxygen atoms in total. The highest BCUT2D eigenvalue weighted by molar-refractivity contribution is 9.10. The summed E-state index contributed by atoms with van der Waals surface area (Å²) in [7, 11) is 1.51. The standard InChI is InChI=1S/C12H15BrN2O3/c1-7(13)12(17)15-10-6-9(14-8(2)16)4-5-11(10)18-3/h4-7H,1-3H3,(H,14,16)(H,15,17). The first-order valence-electron chi connectivity index (χ1n) is 5.34. The average molecular weight is 315 g/mol. The number of rotatable bonds is 4. The normalized spacial score (nSPS) is 11.6. The molecule has 1 rings (SSSR count). The monoisotopic (exact) mass is 314 g/mol. The van der Waals surface area contributed by atoms with E-state index in [1.807, 2.05) is 0 Å². The van der Waals surface area contributed by atoms with Gasteiger partial charge in [0.2, 0.25) is 11.8 Å². The summed E-state index contributed by atoms with van der Waals surface area (Å²) in [6.45, 7) is 3.14. The molecule has 0 fully saturated rings. The Morgan fingerprint density at radius 2 is 2.00 bits per heavy atom. The molecule has 1 aromatic carbocycles. The fourth-order valence-corrected chi connectivity index (χ4v) is 1.43. The summed E-state index contributed by atoms with van der Waals surface area (Å²) in [4.78, 5) is 22.3. The number of halogens is 1. The zero-order valence-electron chi connectivity index (χ0n) is 10.4. The first-order valence-corrected chi connectivity index (χ1v) is 6.26. The Bertz CT molecular complexity index is 461. The minimum absolute atomic E-state index is 0.175. The van der Waals surface area contributed by atoms with Crippen molar-refractivity contribution < 1.29 is 14.3 Å². The first-order chi connectivity index (χ1) is 8.43. The van der Waals surface area contributed by atoms with Gasteiger partial charge < -0.3 is 15.4 Å². The van der Waals surface area contributed by atoms with Gasteiger partial charge in [0.15, 0.2) is 0 Å². The third-order valence-electron chi connectivity index (χ3n) is 2.14. The minimum Gasteiger partial charge on any atom is -0.495 e.